The van der Waals surface area contributed by atoms with Gasteiger partial charge in [0.15, 0.2) is 5.82 Å². The SMILES string of the molecule is Cc1nn(-c2ncc(Br)cc2Br)c(C)c1N. The molecular weight excluding hydrogens is 336 g/mol. The lowest BCUT2D eigenvalue weighted by molar-refractivity contribution is 0.801. The first-order valence-electron chi connectivity index (χ1n) is 4.64. The minimum atomic E-state index is 0.705. The van der Waals surface area contributed by atoms with Crippen molar-refractivity contribution in [3.8, 4) is 5.82 Å². The van der Waals surface area contributed by atoms with Crippen molar-refractivity contribution in [2.24, 2.45) is 0 Å². The molecule has 0 fully saturated rings. The first-order chi connectivity index (χ1) is 7.50. The van der Waals surface area contributed by atoms with E-state index in [1.54, 1.807) is 10.9 Å². The van der Waals surface area contributed by atoms with Crippen LogP contribution in [0.3, 0.4) is 0 Å². The molecular formula is C10H10Br2N4. The highest BCUT2D eigenvalue weighted by Gasteiger charge is 2.13. The molecule has 0 aliphatic rings. The van der Waals surface area contributed by atoms with Crippen molar-refractivity contribution in [3.05, 3.63) is 32.6 Å². The Kier molecular flexibility index (Phi) is 3.03. The van der Waals surface area contributed by atoms with Crippen LogP contribution in [-0.4, -0.2) is 14.8 Å². The van der Waals surface area contributed by atoms with Crippen LogP contribution in [0.5, 0.6) is 0 Å². The second-order valence-corrected chi connectivity index (χ2v) is 5.23. The maximum absolute atomic E-state index is 5.88. The topological polar surface area (TPSA) is 56.7 Å². The summed E-state index contributed by atoms with van der Waals surface area (Å²) in [5.41, 5.74) is 8.30. The zero-order valence-corrected chi connectivity index (χ0v) is 12.0. The van der Waals surface area contributed by atoms with E-state index in [4.69, 9.17) is 5.73 Å². The number of hydrogen-bond donors (Lipinski definition) is 1. The Bertz CT molecular complexity index is 548. The van der Waals surface area contributed by atoms with E-state index in [0.717, 1.165) is 26.2 Å². The van der Waals surface area contributed by atoms with Gasteiger partial charge in [-0.2, -0.15) is 5.10 Å². The molecule has 4 nitrogen and oxygen atoms in total. The van der Waals surface area contributed by atoms with Gasteiger partial charge in [0.05, 0.1) is 21.5 Å². The monoisotopic (exact) mass is 344 g/mol. The number of halogens is 2. The van der Waals surface area contributed by atoms with Crippen LogP contribution < -0.4 is 5.73 Å². The van der Waals surface area contributed by atoms with Crippen LogP contribution in [0.25, 0.3) is 5.82 Å². The normalized spacial score (nSPS) is 10.8. The van der Waals surface area contributed by atoms with E-state index >= 15 is 0 Å². The molecule has 0 radical (unpaired) electrons. The minimum absolute atomic E-state index is 0.705. The van der Waals surface area contributed by atoms with Crippen LogP contribution in [0, 0.1) is 13.8 Å². The van der Waals surface area contributed by atoms with Crippen molar-refractivity contribution in [2.75, 3.05) is 5.73 Å². The summed E-state index contributed by atoms with van der Waals surface area (Å²) in [6.45, 7) is 3.80. The fourth-order valence-electron chi connectivity index (χ4n) is 1.42. The third-order valence-corrected chi connectivity index (χ3v) is 3.35. The van der Waals surface area contributed by atoms with Gasteiger partial charge in [0, 0.05) is 10.7 Å². The number of pyridine rings is 1. The molecule has 0 bridgehead atoms. The van der Waals surface area contributed by atoms with Gasteiger partial charge in [-0.15, -0.1) is 0 Å². The zero-order chi connectivity index (χ0) is 11.9. The van der Waals surface area contributed by atoms with Gasteiger partial charge < -0.3 is 5.73 Å². The molecule has 2 aromatic rings. The summed E-state index contributed by atoms with van der Waals surface area (Å²) < 4.78 is 3.52. The molecule has 0 unspecified atom stereocenters. The third kappa shape index (κ3) is 1.87. The summed E-state index contributed by atoms with van der Waals surface area (Å²) in [4.78, 5) is 4.31. The molecule has 2 heterocycles. The van der Waals surface area contributed by atoms with E-state index in [1.807, 2.05) is 19.9 Å². The number of nitrogen functional groups attached to an aromatic ring is 1. The summed E-state index contributed by atoms with van der Waals surface area (Å²) in [5, 5.41) is 4.35. The highest BCUT2D eigenvalue weighted by atomic mass is 79.9. The average Bonchev–Trinajstić information content (AvgIpc) is 2.46. The van der Waals surface area contributed by atoms with Crippen molar-refractivity contribution >= 4 is 37.5 Å². The smallest absolute Gasteiger partial charge is 0.168 e. The predicted octanol–water partition coefficient (Wildman–Crippen LogP) is 2.99. The lowest BCUT2D eigenvalue weighted by Gasteiger charge is -2.05. The van der Waals surface area contributed by atoms with E-state index in [9.17, 15) is 0 Å². The van der Waals surface area contributed by atoms with Crippen LogP contribution in [0.4, 0.5) is 5.69 Å². The van der Waals surface area contributed by atoms with Crippen LogP contribution in [0.15, 0.2) is 21.2 Å². The minimum Gasteiger partial charge on any atom is -0.396 e. The van der Waals surface area contributed by atoms with Crippen molar-refractivity contribution in [2.45, 2.75) is 13.8 Å². The lowest BCUT2D eigenvalue weighted by atomic mass is 10.3. The summed E-state index contributed by atoms with van der Waals surface area (Å²) in [6, 6.07) is 1.93. The maximum Gasteiger partial charge on any atom is 0.168 e. The zero-order valence-electron chi connectivity index (χ0n) is 8.83. The molecule has 16 heavy (non-hydrogen) atoms. The van der Waals surface area contributed by atoms with Crippen LogP contribution >= 0.6 is 31.9 Å². The first kappa shape index (κ1) is 11.6. The molecule has 2 N–H and O–H groups in total. The molecule has 0 saturated heterocycles. The van der Waals surface area contributed by atoms with Crippen LogP contribution in [-0.2, 0) is 0 Å². The summed E-state index contributed by atoms with van der Waals surface area (Å²) in [6.07, 6.45) is 1.73. The van der Waals surface area contributed by atoms with E-state index in [2.05, 4.69) is 41.9 Å². The largest absolute Gasteiger partial charge is 0.396 e. The van der Waals surface area contributed by atoms with Crippen LogP contribution in [0.2, 0.25) is 0 Å². The highest BCUT2D eigenvalue weighted by molar-refractivity contribution is 9.11. The third-order valence-electron chi connectivity index (χ3n) is 2.34. The summed E-state index contributed by atoms with van der Waals surface area (Å²) >= 11 is 6.82. The number of anilines is 1. The van der Waals surface area contributed by atoms with Crippen LogP contribution in [0.1, 0.15) is 11.4 Å². The molecule has 6 heteroatoms. The lowest BCUT2D eigenvalue weighted by Crippen LogP contribution is -2.03. The Morgan fingerprint density at radius 3 is 2.50 bits per heavy atom. The van der Waals surface area contributed by atoms with E-state index in [1.165, 1.54) is 0 Å². The van der Waals surface area contributed by atoms with E-state index in [-0.39, 0.29) is 0 Å². The molecule has 0 aliphatic heterocycles. The Balaban J connectivity index is 2.63. The summed E-state index contributed by atoms with van der Waals surface area (Å²) in [5.74, 6) is 0.737. The number of aromatic nitrogens is 3. The van der Waals surface area contributed by atoms with Gasteiger partial charge in [-0.3, -0.25) is 0 Å². The number of nitrogens with zero attached hydrogens (tertiary/aromatic N) is 3. The molecule has 0 saturated carbocycles. The number of rotatable bonds is 1. The molecule has 0 atom stereocenters. The van der Waals surface area contributed by atoms with Gasteiger partial charge in [-0.1, -0.05) is 0 Å². The number of hydrogen-bond acceptors (Lipinski definition) is 3. The van der Waals surface area contributed by atoms with Crippen molar-refractivity contribution in [1.82, 2.24) is 14.8 Å². The standard InChI is InChI=1S/C10H10Br2N4/c1-5-9(13)6(2)16(15-5)10-8(12)3-7(11)4-14-10/h3-4H,13H2,1-2H3. The van der Waals surface area contributed by atoms with Gasteiger partial charge in [-0.25, -0.2) is 9.67 Å². The number of nitrogens with two attached hydrogens (primary N) is 1. The van der Waals surface area contributed by atoms with Gasteiger partial charge >= 0.3 is 0 Å². The highest BCUT2D eigenvalue weighted by Crippen LogP contribution is 2.25. The fourth-order valence-corrected chi connectivity index (χ4v) is 2.58. The molecule has 2 aromatic heterocycles. The van der Waals surface area contributed by atoms with Crippen molar-refractivity contribution < 1.29 is 0 Å². The quantitative estimate of drug-likeness (QED) is 0.864. The number of aryl methyl sites for hydroxylation is 1. The molecule has 0 aliphatic carbocycles. The fraction of sp³-hybridized carbons (Fsp3) is 0.200. The summed E-state index contributed by atoms with van der Waals surface area (Å²) in [7, 11) is 0. The van der Waals surface area contributed by atoms with E-state index in [0.29, 0.717) is 5.69 Å². The molecule has 84 valence electrons. The Morgan fingerprint density at radius 2 is 2.00 bits per heavy atom. The van der Waals surface area contributed by atoms with Gasteiger partial charge in [0.2, 0.25) is 0 Å². The average molecular weight is 346 g/mol. The molecule has 0 aromatic carbocycles. The second kappa shape index (κ2) is 4.18. The van der Waals surface area contributed by atoms with Gasteiger partial charge in [0.1, 0.15) is 0 Å². The van der Waals surface area contributed by atoms with Crippen molar-refractivity contribution in [3.63, 3.8) is 0 Å². The second-order valence-electron chi connectivity index (χ2n) is 3.46. The predicted molar refractivity (Wildman–Crippen MR) is 70.6 cm³/mol. The van der Waals surface area contributed by atoms with E-state index < -0.39 is 0 Å². The van der Waals surface area contributed by atoms with Gasteiger partial charge in [0.25, 0.3) is 0 Å². The Morgan fingerprint density at radius 1 is 1.31 bits per heavy atom. The van der Waals surface area contributed by atoms with Gasteiger partial charge in [-0.05, 0) is 51.8 Å². The Hall–Kier alpha value is -0.880. The van der Waals surface area contributed by atoms with Crippen molar-refractivity contribution in [1.29, 1.82) is 0 Å². The first-order valence-corrected chi connectivity index (χ1v) is 6.22. The Labute approximate surface area is 110 Å². The molecule has 2 rings (SSSR count). The molecule has 0 spiro atoms. The molecule has 0 amide bonds. The maximum atomic E-state index is 5.88.